The molecule has 1 saturated carbocycles. The van der Waals surface area contributed by atoms with Gasteiger partial charge in [-0.05, 0) is 31.0 Å². The molecule has 0 saturated heterocycles. The third kappa shape index (κ3) is 3.11. The van der Waals surface area contributed by atoms with E-state index in [1.165, 1.54) is 18.2 Å². The van der Waals surface area contributed by atoms with Crippen molar-refractivity contribution in [3.05, 3.63) is 33.8 Å². The van der Waals surface area contributed by atoms with Crippen LogP contribution in [0.25, 0.3) is 0 Å². The molecule has 90 valence electrons. The van der Waals surface area contributed by atoms with Crippen LogP contribution in [-0.2, 0) is 9.63 Å². The Morgan fingerprint density at radius 3 is 2.59 bits per heavy atom. The first-order valence-corrected chi connectivity index (χ1v) is 5.79. The fourth-order valence-electron chi connectivity index (χ4n) is 1.23. The fourth-order valence-corrected chi connectivity index (χ4v) is 1.72. The zero-order valence-electron chi connectivity index (χ0n) is 8.70. The van der Waals surface area contributed by atoms with Crippen molar-refractivity contribution in [3.63, 3.8) is 0 Å². The number of nitrogens with one attached hydrogen (secondary N) is 1. The van der Waals surface area contributed by atoms with E-state index in [-0.39, 0.29) is 16.5 Å². The highest BCUT2D eigenvalue weighted by Gasteiger charge is 2.32. The third-order valence-corrected chi connectivity index (χ3v) is 2.88. The average Bonchev–Trinajstić information content (AvgIpc) is 3.09. The fraction of sp³-hybridized carbons (Fsp3) is 0.273. The van der Waals surface area contributed by atoms with Crippen LogP contribution in [0.2, 0.25) is 10.0 Å². The Morgan fingerprint density at radius 1 is 1.29 bits per heavy atom. The molecular formula is C11H9Cl2NO3. The number of hydrogen-bond donors (Lipinski definition) is 1. The molecule has 0 aromatic heterocycles. The molecule has 0 spiro atoms. The van der Waals surface area contributed by atoms with Crippen molar-refractivity contribution in [1.29, 1.82) is 0 Å². The molecule has 0 heterocycles. The van der Waals surface area contributed by atoms with Gasteiger partial charge >= 0.3 is 5.97 Å². The summed E-state index contributed by atoms with van der Waals surface area (Å²) < 4.78 is 0. The average molecular weight is 274 g/mol. The van der Waals surface area contributed by atoms with Crippen molar-refractivity contribution in [2.24, 2.45) is 5.92 Å². The molecule has 0 radical (unpaired) electrons. The number of hydroxylamine groups is 1. The van der Waals surface area contributed by atoms with E-state index >= 15 is 0 Å². The minimum atomic E-state index is -0.569. The van der Waals surface area contributed by atoms with Crippen molar-refractivity contribution >= 4 is 35.1 Å². The highest BCUT2D eigenvalue weighted by atomic mass is 35.5. The molecule has 17 heavy (non-hydrogen) atoms. The van der Waals surface area contributed by atoms with Crippen LogP contribution in [0.1, 0.15) is 23.2 Å². The highest BCUT2D eigenvalue weighted by molar-refractivity contribution is 6.36. The number of hydrogen-bond acceptors (Lipinski definition) is 3. The summed E-state index contributed by atoms with van der Waals surface area (Å²) in [6.45, 7) is 0. The molecule has 0 bridgehead atoms. The van der Waals surface area contributed by atoms with Crippen LogP contribution in [0.15, 0.2) is 18.2 Å². The van der Waals surface area contributed by atoms with Gasteiger partial charge in [-0.1, -0.05) is 23.2 Å². The van der Waals surface area contributed by atoms with Crippen LogP contribution < -0.4 is 5.48 Å². The third-order valence-electron chi connectivity index (χ3n) is 2.33. The Balaban J connectivity index is 1.96. The predicted octanol–water partition coefficient (Wildman–Crippen LogP) is 2.59. The summed E-state index contributed by atoms with van der Waals surface area (Å²) in [5.41, 5.74) is 2.27. The number of rotatable bonds is 2. The summed E-state index contributed by atoms with van der Waals surface area (Å²) in [5.74, 6) is -1.06. The molecule has 0 atom stereocenters. The second kappa shape index (κ2) is 4.94. The number of benzene rings is 1. The van der Waals surface area contributed by atoms with Crippen LogP contribution in [0.3, 0.4) is 0 Å². The van der Waals surface area contributed by atoms with E-state index in [2.05, 4.69) is 10.3 Å². The Bertz CT molecular complexity index is 472. The Labute approximate surface area is 108 Å². The predicted molar refractivity (Wildman–Crippen MR) is 62.7 cm³/mol. The molecule has 1 aromatic carbocycles. The minimum Gasteiger partial charge on any atom is -0.340 e. The molecule has 4 nitrogen and oxygen atoms in total. The minimum absolute atomic E-state index is 0.0732. The number of carbonyl (C=O) groups is 2. The van der Waals surface area contributed by atoms with Gasteiger partial charge in [0.05, 0.1) is 16.5 Å². The largest absolute Gasteiger partial charge is 0.340 e. The van der Waals surface area contributed by atoms with E-state index in [0.717, 1.165) is 12.8 Å². The Kier molecular flexibility index (Phi) is 3.54. The second-order valence-electron chi connectivity index (χ2n) is 3.75. The maximum atomic E-state index is 11.6. The molecule has 1 fully saturated rings. The van der Waals surface area contributed by atoms with Gasteiger partial charge in [0.2, 0.25) is 0 Å². The number of amides is 1. The van der Waals surface area contributed by atoms with E-state index in [1.54, 1.807) is 0 Å². The van der Waals surface area contributed by atoms with Crippen LogP contribution in [0, 0.1) is 5.92 Å². The lowest BCUT2D eigenvalue weighted by atomic mass is 10.2. The molecule has 1 aliphatic carbocycles. The lowest BCUT2D eigenvalue weighted by molar-refractivity contribution is -0.150. The Morgan fingerprint density at radius 2 is 2.00 bits per heavy atom. The van der Waals surface area contributed by atoms with Crippen molar-refractivity contribution < 1.29 is 14.4 Å². The zero-order chi connectivity index (χ0) is 12.4. The molecular weight excluding hydrogens is 265 g/mol. The van der Waals surface area contributed by atoms with Gasteiger partial charge in [0, 0.05) is 5.02 Å². The van der Waals surface area contributed by atoms with Gasteiger partial charge in [-0.25, -0.2) is 4.79 Å². The van der Waals surface area contributed by atoms with E-state index in [9.17, 15) is 9.59 Å². The van der Waals surface area contributed by atoms with Crippen LogP contribution in [0.4, 0.5) is 0 Å². The summed E-state index contributed by atoms with van der Waals surface area (Å²) in [6, 6.07) is 4.44. The quantitative estimate of drug-likeness (QED) is 0.843. The number of halogens is 2. The van der Waals surface area contributed by atoms with Crippen LogP contribution in [-0.4, -0.2) is 11.9 Å². The monoisotopic (exact) mass is 273 g/mol. The molecule has 1 aromatic rings. The molecule has 2 rings (SSSR count). The van der Waals surface area contributed by atoms with E-state index in [4.69, 9.17) is 23.2 Å². The normalized spacial score (nSPS) is 14.2. The van der Waals surface area contributed by atoms with Crippen molar-refractivity contribution in [3.8, 4) is 0 Å². The second-order valence-corrected chi connectivity index (χ2v) is 4.59. The van der Waals surface area contributed by atoms with Gasteiger partial charge in [0.25, 0.3) is 5.91 Å². The molecule has 1 N–H and O–H groups in total. The summed E-state index contributed by atoms with van der Waals surface area (Å²) in [5, 5.41) is 0.638. The highest BCUT2D eigenvalue weighted by Crippen LogP contribution is 2.29. The van der Waals surface area contributed by atoms with Crippen molar-refractivity contribution in [2.45, 2.75) is 12.8 Å². The van der Waals surface area contributed by atoms with E-state index in [0.29, 0.717) is 5.02 Å². The summed E-state index contributed by atoms with van der Waals surface area (Å²) in [6.07, 6.45) is 1.63. The first-order chi connectivity index (χ1) is 8.08. The lowest BCUT2D eigenvalue weighted by Gasteiger charge is -2.06. The lowest BCUT2D eigenvalue weighted by Crippen LogP contribution is -2.27. The molecule has 6 heteroatoms. The smallest absolute Gasteiger partial charge is 0.335 e. The van der Waals surface area contributed by atoms with Crippen molar-refractivity contribution in [1.82, 2.24) is 5.48 Å². The molecule has 1 amide bonds. The van der Waals surface area contributed by atoms with Crippen LogP contribution >= 0.6 is 23.2 Å². The first kappa shape index (κ1) is 12.2. The zero-order valence-corrected chi connectivity index (χ0v) is 10.2. The Hall–Kier alpha value is -1.26. The number of carbonyl (C=O) groups excluding carboxylic acids is 2. The van der Waals surface area contributed by atoms with Gasteiger partial charge in [0.1, 0.15) is 0 Å². The van der Waals surface area contributed by atoms with Gasteiger partial charge in [0.15, 0.2) is 0 Å². The van der Waals surface area contributed by atoms with E-state index < -0.39 is 11.9 Å². The SMILES string of the molecule is O=C(NOC(=O)C1CC1)c1ccc(Cl)cc1Cl. The van der Waals surface area contributed by atoms with Gasteiger partial charge in [-0.3, -0.25) is 4.79 Å². The summed E-state index contributed by atoms with van der Waals surface area (Å²) in [7, 11) is 0. The van der Waals surface area contributed by atoms with Crippen LogP contribution in [0.5, 0.6) is 0 Å². The standard InChI is InChI=1S/C11H9Cl2NO3/c12-7-3-4-8(9(13)5-7)10(15)14-17-11(16)6-1-2-6/h3-6H,1-2H2,(H,14,15). The maximum Gasteiger partial charge on any atom is 0.335 e. The summed E-state index contributed by atoms with van der Waals surface area (Å²) >= 11 is 11.5. The molecule has 0 aliphatic heterocycles. The van der Waals surface area contributed by atoms with Gasteiger partial charge in [-0.2, -0.15) is 5.48 Å². The van der Waals surface area contributed by atoms with Crippen molar-refractivity contribution in [2.75, 3.05) is 0 Å². The van der Waals surface area contributed by atoms with E-state index in [1.807, 2.05) is 0 Å². The molecule has 0 unspecified atom stereocenters. The van der Waals surface area contributed by atoms with Gasteiger partial charge < -0.3 is 4.84 Å². The topological polar surface area (TPSA) is 55.4 Å². The van der Waals surface area contributed by atoms with Gasteiger partial charge in [-0.15, -0.1) is 0 Å². The summed E-state index contributed by atoms with van der Waals surface area (Å²) in [4.78, 5) is 27.4. The maximum absolute atomic E-state index is 11.6. The first-order valence-electron chi connectivity index (χ1n) is 5.04. The molecule has 1 aliphatic rings.